The standard InChI is InChI=1S/C14H17NO5/c1-4-19-12-7-10(8-15)5-6-11(12)20-9-14(2,17)13(16)18-3/h5-7,17H,4,9H2,1-3H3. The molecule has 0 aliphatic rings. The first-order valence-corrected chi connectivity index (χ1v) is 6.05. The molecule has 6 nitrogen and oxygen atoms in total. The van der Waals surface area contributed by atoms with Gasteiger partial charge in [-0.05, 0) is 26.0 Å². The Labute approximate surface area is 117 Å². The lowest BCUT2D eigenvalue weighted by atomic mass is 10.1. The SMILES string of the molecule is CCOc1cc(C#N)ccc1OCC(C)(O)C(=O)OC. The van der Waals surface area contributed by atoms with Gasteiger partial charge in [0.25, 0.3) is 0 Å². The van der Waals surface area contributed by atoms with Crippen LogP contribution in [0.15, 0.2) is 18.2 Å². The predicted molar refractivity (Wildman–Crippen MR) is 70.5 cm³/mol. The predicted octanol–water partition coefficient (Wildman–Crippen LogP) is 1.26. The fourth-order valence-corrected chi connectivity index (χ4v) is 1.46. The minimum atomic E-state index is -1.76. The van der Waals surface area contributed by atoms with Crippen LogP contribution in [0, 0.1) is 11.3 Å². The van der Waals surface area contributed by atoms with Crippen molar-refractivity contribution in [3.63, 3.8) is 0 Å². The van der Waals surface area contributed by atoms with Gasteiger partial charge in [0, 0.05) is 6.07 Å². The average molecular weight is 279 g/mol. The Hall–Kier alpha value is -2.26. The van der Waals surface area contributed by atoms with Crippen molar-refractivity contribution in [2.75, 3.05) is 20.3 Å². The molecule has 0 fully saturated rings. The molecule has 0 heterocycles. The summed E-state index contributed by atoms with van der Waals surface area (Å²) >= 11 is 0. The molecule has 20 heavy (non-hydrogen) atoms. The smallest absolute Gasteiger partial charge is 0.341 e. The van der Waals surface area contributed by atoms with Crippen LogP contribution in [0.25, 0.3) is 0 Å². The maximum Gasteiger partial charge on any atom is 0.341 e. The molecule has 0 aliphatic carbocycles. The van der Waals surface area contributed by atoms with Gasteiger partial charge in [0.05, 0.1) is 25.3 Å². The highest BCUT2D eigenvalue weighted by molar-refractivity contribution is 5.78. The third kappa shape index (κ3) is 3.87. The van der Waals surface area contributed by atoms with E-state index in [4.69, 9.17) is 14.7 Å². The van der Waals surface area contributed by atoms with E-state index < -0.39 is 11.6 Å². The molecule has 0 bridgehead atoms. The summed E-state index contributed by atoms with van der Waals surface area (Å²) in [5.41, 5.74) is -1.33. The van der Waals surface area contributed by atoms with Crippen LogP contribution in [0.2, 0.25) is 0 Å². The van der Waals surface area contributed by atoms with Crippen LogP contribution < -0.4 is 9.47 Å². The zero-order valence-electron chi connectivity index (χ0n) is 11.7. The molecule has 0 radical (unpaired) electrons. The maximum absolute atomic E-state index is 11.3. The quantitative estimate of drug-likeness (QED) is 0.789. The Morgan fingerprint density at radius 1 is 1.40 bits per heavy atom. The second-order valence-corrected chi connectivity index (χ2v) is 4.26. The third-order valence-electron chi connectivity index (χ3n) is 2.51. The number of nitrogens with zero attached hydrogens (tertiary/aromatic N) is 1. The minimum Gasteiger partial charge on any atom is -0.490 e. The molecule has 1 rings (SSSR count). The Kier molecular flexibility index (Phi) is 5.35. The van der Waals surface area contributed by atoms with Crippen LogP contribution in [0.4, 0.5) is 0 Å². The number of carbonyl (C=O) groups is 1. The Bertz CT molecular complexity index is 519. The molecule has 0 saturated carbocycles. The summed E-state index contributed by atoms with van der Waals surface area (Å²) in [6.07, 6.45) is 0. The van der Waals surface area contributed by atoms with Crippen LogP contribution in [0.1, 0.15) is 19.4 Å². The van der Waals surface area contributed by atoms with Crippen LogP contribution in [-0.4, -0.2) is 37.0 Å². The summed E-state index contributed by atoms with van der Waals surface area (Å²) in [4.78, 5) is 11.3. The van der Waals surface area contributed by atoms with E-state index in [-0.39, 0.29) is 6.61 Å². The molecule has 1 aromatic carbocycles. The highest BCUT2D eigenvalue weighted by atomic mass is 16.6. The van der Waals surface area contributed by atoms with E-state index in [0.717, 1.165) is 0 Å². The van der Waals surface area contributed by atoms with Gasteiger partial charge in [0.2, 0.25) is 0 Å². The molecule has 1 aromatic rings. The number of carbonyl (C=O) groups excluding carboxylic acids is 1. The van der Waals surface area contributed by atoms with Gasteiger partial charge >= 0.3 is 5.97 Å². The topological polar surface area (TPSA) is 88.8 Å². The highest BCUT2D eigenvalue weighted by Crippen LogP contribution is 2.29. The monoisotopic (exact) mass is 279 g/mol. The summed E-state index contributed by atoms with van der Waals surface area (Å²) in [6, 6.07) is 6.64. The summed E-state index contributed by atoms with van der Waals surface area (Å²) in [6.45, 7) is 3.21. The Morgan fingerprint density at radius 2 is 2.10 bits per heavy atom. The van der Waals surface area contributed by atoms with Gasteiger partial charge < -0.3 is 19.3 Å². The number of nitriles is 1. The van der Waals surface area contributed by atoms with E-state index in [1.807, 2.05) is 6.07 Å². The number of rotatable bonds is 6. The molecule has 0 spiro atoms. The molecule has 1 unspecified atom stereocenters. The normalized spacial score (nSPS) is 12.9. The first-order valence-electron chi connectivity index (χ1n) is 6.05. The number of aliphatic hydroxyl groups is 1. The van der Waals surface area contributed by atoms with E-state index in [1.54, 1.807) is 19.1 Å². The van der Waals surface area contributed by atoms with Crippen molar-refractivity contribution in [2.24, 2.45) is 0 Å². The van der Waals surface area contributed by atoms with E-state index >= 15 is 0 Å². The van der Waals surface area contributed by atoms with Gasteiger partial charge in [0.15, 0.2) is 17.1 Å². The van der Waals surface area contributed by atoms with Crippen molar-refractivity contribution in [1.29, 1.82) is 5.26 Å². The van der Waals surface area contributed by atoms with Gasteiger partial charge in [-0.2, -0.15) is 5.26 Å². The molecule has 0 saturated heterocycles. The lowest BCUT2D eigenvalue weighted by molar-refractivity contribution is -0.163. The van der Waals surface area contributed by atoms with Crippen molar-refractivity contribution in [3.05, 3.63) is 23.8 Å². The van der Waals surface area contributed by atoms with Crippen LogP contribution >= 0.6 is 0 Å². The van der Waals surface area contributed by atoms with Crippen LogP contribution in [0.3, 0.4) is 0 Å². The van der Waals surface area contributed by atoms with Crippen molar-refractivity contribution in [3.8, 4) is 17.6 Å². The van der Waals surface area contributed by atoms with Gasteiger partial charge in [-0.1, -0.05) is 0 Å². The Morgan fingerprint density at radius 3 is 2.65 bits per heavy atom. The van der Waals surface area contributed by atoms with Crippen LogP contribution in [0.5, 0.6) is 11.5 Å². The average Bonchev–Trinajstić information content (AvgIpc) is 2.45. The molecule has 0 aliphatic heterocycles. The third-order valence-corrected chi connectivity index (χ3v) is 2.51. The van der Waals surface area contributed by atoms with Gasteiger partial charge in [-0.15, -0.1) is 0 Å². The van der Waals surface area contributed by atoms with Gasteiger partial charge in [0.1, 0.15) is 6.61 Å². The zero-order valence-corrected chi connectivity index (χ0v) is 11.7. The number of methoxy groups -OCH3 is 1. The Balaban J connectivity index is 2.87. The van der Waals surface area contributed by atoms with Crippen molar-refractivity contribution in [2.45, 2.75) is 19.4 Å². The fourth-order valence-electron chi connectivity index (χ4n) is 1.46. The summed E-state index contributed by atoms with van der Waals surface area (Å²) < 4.78 is 15.2. The fraction of sp³-hybridized carbons (Fsp3) is 0.429. The minimum absolute atomic E-state index is 0.286. The van der Waals surface area contributed by atoms with Crippen molar-refractivity contribution in [1.82, 2.24) is 0 Å². The number of ether oxygens (including phenoxy) is 3. The van der Waals surface area contributed by atoms with Gasteiger partial charge in [-0.25, -0.2) is 4.79 Å². The lowest BCUT2D eigenvalue weighted by Gasteiger charge is -2.21. The second-order valence-electron chi connectivity index (χ2n) is 4.26. The molecular formula is C14H17NO5. The highest BCUT2D eigenvalue weighted by Gasteiger charge is 2.32. The summed E-state index contributed by atoms with van der Waals surface area (Å²) in [5.74, 6) is -0.0636. The second kappa shape index (κ2) is 6.78. The van der Waals surface area contributed by atoms with Crippen LogP contribution in [-0.2, 0) is 9.53 Å². The van der Waals surface area contributed by atoms with E-state index in [2.05, 4.69) is 4.74 Å². The lowest BCUT2D eigenvalue weighted by Crippen LogP contribution is -2.42. The maximum atomic E-state index is 11.3. The number of hydrogen-bond donors (Lipinski definition) is 1. The molecule has 0 aromatic heterocycles. The molecule has 108 valence electrons. The zero-order chi connectivity index (χ0) is 15.2. The van der Waals surface area contributed by atoms with E-state index in [1.165, 1.54) is 20.1 Å². The first-order chi connectivity index (χ1) is 9.44. The summed E-state index contributed by atoms with van der Waals surface area (Å²) in [5, 5.41) is 18.7. The first kappa shape index (κ1) is 15.8. The van der Waals surface area contributed by atoms with Crippen molar-refractivity contribution >= 4 is 5.97 Å². The molecule has 0 amide bonds. The largest absolute Gasteiger partial charge is 0.490 e. The van der Waals surface area contributed by atoms with Gasteiger partial charge in [-0.3, -0.25) is 0 Å². The van der Waals surface area contributed by atoms with E-state index in [9.17, 15) is 9.90 Å². The molecule has 1 N–H and O–H groups in total. The molecule has 6 heteroatoms. The number of esters is 1. The molecular weight excluding hydrogens is 262 g/mol. The van der Waals surface area contributed by atoms with Crippen molar-refractivity contribution < 1.29 is 24.1 Å². The summed E-state index contributed by atoms with van der Waals surface area (Å²) in [7, 11) is 1.18. The number of hydrogen-bond acceptors (Lipinski definition) is 6. The van der Waals surface area contributed by atoms with E-state index in [0.29, 0.717) is 23.7 Å². The molecule has 1 atom stereocenters. The number of benzene rings is 1.